The van der Waals surface area contributed by atoms with Gasteiger partial charge in [0.15, 0.2) is 0 Å². The summed E-state index contributed by atoms with van der Waals surface area (Å²) in [7, 11) is 0. The minimum atomic E-state index is -0.695. The molecule has 0 aliphatic carbocycles. The summed E-state index contributed by atoms with van der Waals surface area (Å²) in [5.41, 5.74) is 2.79. The van der Waals surface area contributed by atoms with E-state index in [1.54, 1.807) is 23.0 Å². The van der Waals surface area contributed by atoms with E-state index in [4.69, 9.17) is 0 Å². The fourth-order valence-corrected chi connectivity index (χ4v) is 2.57. The summed E-state index contributed by atoms with van der Waals surface area (Å²) < 4.78 is 14.8. The van der Waals surface area contributed by atoms with Gasteiger partial charge in [0, 0.05) is 25.0 Å². The van der Waals surface area contributed by atoms with Gasteiger partial charge in [-0.25, -0.2) is 9.07 Å². The molecule has 124 valence electrons. The number of aliphatic hydroxyl groups excluding tert-OH is 1. The van der Waals surface area contributed by atoms with Crippen LogP contribution in [0.15, 0.2) is 67.0 Å². The van der Waals surface area contributed by atoms with E-state index >= 15 is 0 Å². The largest absolute Gasteiger partial charge is 0.387 e. The van der Waals surface area contributed by atoms with Crippen LogP contribution in [0, 0.1) is 5.82 Å². The van der Waals surface area contributed by atoms with Crippen LogP contribution in [0.1, 0.15) is 24.2 Å². The van der Waals surface area contributed by atoms with Crippen LogP contribution in [0.4, 0.5) is 4.39 Å². The first kappa shape index (κ1) is 16.4. The molecule has 3 rings (SSSR count). The molecule has 0 aliphatic heterocycles. The van der Waals surface area contributed by atoms with Crippen LogP contribution in [0.5, 0.6) is 0 Å². The summed E-state index contributed by atoms with van der Waals surface area (Å²) in [5, 5.41) is 17.9. The predicted molar refractivity (Wildman–Crippen MR) is 91.2 cm³/mol. The number of hydrogen-bond donors (Lipinski definition) is 2. The molecule has 0 amide bonds. The van der Waals surface area contributed by atoms with Gasteiger partial charge >= 0.3 is 0 Å². The molecular formula is C19H20FN3O. The van der Waals surface area contributed by atoms with Crippen LogP contribution < -0.4 is 5.32 Å². The second-order valence-corrected chi connectivity index (χ2v) is 5.79. The van der Waals surface area contributed by atoms with Gasteiger partial charge < -0.3 is 10.4 Å². The van der Waals surface area contributed by atoms with Crippen molar-refractivity contribution in [1.82, 2.24) is 15.1 Å². The highest BCUT2D eigenvalue weighted by Gasteiger charge is 2.15. The maximum atomic E-state index is 13.0. The van der Waals surface area contributed by atoms with Crippen LogP contribution in [-0.2, 0) is 6.54 Å². The Morgan fingerprint density at radius 3 is 2.67 bits per heavy atom. The zero-order valence-corrected chi connectivity index (χ0v) is 13.4. The van der Waals surface area contributed by atoms with Gasteiger partial charge in [-0.05, 0) is 48.4 Å². The first-order chi connectivity index (χ1) is 11.6. The molecule has 2 aromatic carbocycles. The molecule has 2 unspecified atom stereocenters. The van der Waals surface area contributed by atoms with Gasteiger partial charge in [0.25, 0.3) is 0 Å². The van der Waals surface area contributed by atoms with E-state index in [0.717, 1.165) is 11.3 Å². The zero-order valence-electron chi connectivity index (χ0n) is 13.4. The van der Waals surface area contributed by atoms with E-state index in [1.807, 2.05) is 37.4 Å². The van der Waals surface area contributed by atoms with Crippen molar-refractivity contribution in [2.24, 2.45) is 0 Å². The molecule has 0 saturated heterocycles. The fraction of sp³-hybridized carbons (Fsp3) is 0.211. The van der Waals surface area contributed by atoms with Gasteiger partial charge in [-0.3, -0.25) is 0 Å². The van der Waals surface area contributed by atoms with Gasteiger partial charge in [-0.1, -0.05) is 24.3 Å². The molecule has 0 radical (unpaired) electrons. The quantitative estimate of drug-likeness (QED) is 0.731. The summed E-state index contributed by atoms with van der Waals surface area (Å²) in [6.45, 7) is 2.53. The van der Waals surface area contributed by atoms with Crippen molar-refractivity contribution < 1.29 is 9.50 Å². The van der Waals surface area contributed by atoms with Crippen molar-refractivity contribution in [2.75, 3.05) is 0 Å². The van der Waals surface area contributed by atoms with E-state index in [9.17, 15) is 9.50 Å². The van der Waals surface area contributed by atoms with Crippen LogP contribution >= 0.6 is 0 Å². The van der Waals surface area contributed by atoms with Gasteiger partial charge in [-0.15, -0.1) is 0 Å². The monoisotopic (exact) mass is 325 g/mol. The summed E-state index contributed by atoms with van der Waals surface area (Å²) in [6, 6.07) is 15.7. The lowest BCUT2D eigenvalue weighted by atomic mass is 10.0. The third kappa shape index (κ3) is 3.88. The molecule has 2 N–H and O–H groups in total. The molecule has 24 heavy (non-hydrogen) atoms. The molecule has 1 heterocycles. The Hall–Kier alpha value is -2.50. The number of hydrogen-bond acceptors (Lipinski definition) is 3. The van der Waals surface area contributed by atoms with E-state index in [-0.39, 0.29) is 11.9 Å². The molecule has 1 aromatic heterocycles. The zero-order chi connectivity index (χ0) is 16.9. The number of benzene rings is 2. The summed E-state index contributed by atoms with van der Waals surface area (Å²) in [6.07, 6.45) is 2.94. The predicted octanol–water partition coefficient (Wildman–Crippen LogP) is 3.22. The minimum Gasteiger partial charge on any atom is -0.387 e. The number of aliphatic hydroxyl groups is 1. The molecular weight excluding hydrogens is 305 g/mol. The lowest BCUT2D eigenvalue weighted by Crippen LogP contribution is -2.31. The summed E-state index contributed by atoms with van der Waals surface area (Å²) >= 11 is 0. The Morgan fingerprint density at radius 1 is 1.17 bits per heavy atom. The Balaban J connectivity index is 1.63. The van der Waals surface area contributed by atoms with Crippen molar-refractivity contribution in [3.63, 3.8) is 0 Å². The number of aromatic nitrogens is 2. The van der Waals surface area contributed by atoms with E-state index in [1.165, 1.54) is 12.1 Å². The van der Waals surface area contributed by atoms with Crippen molar-refractivity contribution in [2.45, 2.75) is 25.6 Å². The Labute approximate surface area is 140 Å². The van der Waals surface area contributed by atoms with E-state index in [2.05, 4.69) is 16.5 Å². The fourth-order valence-electron chi connectivity index (χ4n) is 2.57. The van der Waals surface area contributed by atoms with Crippen LogP contribution in [0.2, 0.25) is 0 Å². The molecule has 0 aliphatic rings. The van der Waals surface area contributed by atoms with Gasteiger partial charge in [-0.2, -0.15) is 5.10 Å². The smallest absolute Gasteiger partial charge is 0.123 e. The van der Waals surface area contributed by atoms with Crippen molar-refractivity contribution >= 4 is 0 Å². The number of halogens is 1. The SMILES string of the molecule is CC(NCc1cccc(-n2cccn2)c1)C(O)c1ccc(F)cc1. The summed E-state index contributed by atoms with van der Waals surface area (Å²) in [5.74, 6) is -0.304. The van der Waals surface area contributed by atoms with Crippen LogP contribution in [-0.4, -0.2) is 20.9 Å². The molecule has 4 nitrogen and oxygen atoms in total. The maximum absolute atomic E-state index is 13.0. The van der Waals surface area contributed by atoms with E-state index in [0.29, 0.717) is 12.1 Å². The Kier molecular flexibility index (Phi) is 5.03. The topological polar surface area (TPSA) is 50.1 Å². The van der Waals surface area contributed by atoms with Crippen LogP contribution in [0.25, 0.3) is 5.69 Å². The maximum Gasteiger partial charge on any atom is 0.123 e. The molecule has 0 saturated carbocycles. The minimum absolute atomic E-state index is 0.163. The van der Waals surface area contributed by atoms with Crippen molar-refractivity contribution in [1.29, 1.82) is 0 Å². The Morgan fingerprint density at radius 2 is 1.96 bits per heavy atom. The molecule has 3 aromatic rings. The molecule has 5 heteroatoms. The first-order valence-corrected chi connectivity index (χ1v) is 7.89. The third-order valence-electron chi connectivity index (χ3n) is 3.99. The average Bonchev–Trinajstić information content (AvgIpc) is 3.15. The van der Waals surface area contributed by atoms with E-state index < -0.39 is 6.10 Å². The first-order valence-electron chi connectivity index (χ1n) is 7.89. The molecule has 2 atom stereocenters. The number of nitrogens with zero attached hydrogens (tertiary/aromatic N) is 2. The average molecular weight is 325 g/mol. The standard InChI is InChI=1S/C19H20FN3O/c1-14(19(24)16-6-8-17(20)9-7-16)21-13-15-4-2-5-18(12-15)23-11-3-10-22-23/h2-12,14,19,21,24H,13H2,1H3. The Bertz CT molecular complexity index is 772. The third-order valence-corrected chi connectivity index (χ3v) is 3.99. The molecule has 0 bridgehead atoms. The second kappa shape index (κ2) is 7.38. The normalized spacial score (nSPS) is 13.6. The van der Waals surface area contributed by atoms with Gasteiger partial charge in [0.1, 0.15) is 5.82 Å². The number of rotatable bonds is 6. The highest BCUT2D eigenvalue weighted by Crippen LogP contribution is 2.18. The van der Waals surface area contributed by atoms with Crippen molar-refractivity contribution in [3.8, 4) is 5.69 Å². The molecule has 0 fully saturated rings. The van der Waals surface area contributed by atoms with Crippen LogP contribution in [0.3, 0.4) is 0 Å². The highest BCUT2D eigenvalue weighted by molar-refractivity contribution is 5.35. The van der Waals surface area contributed by atoms with Gasteiger partial charge in [0.05, 0.1) is 11.8 Å². The van der Waals surface area contributed by atoms with Crippen molar-refractivity contribution in [3.05, 3.63) is 83.9 Å². The summed E-state index contributed by atoms with van der Waals surface area (Å²) in [4.78, 5) is 0. The lowest BCUT2D eigenvalue weighted by Gasteiger charge is -2.21. The highest BCUT2D eigenvalue weighted by atomic mass is 19.1. The lowest BCUT2D eigenvalue weighted by molar-refractivity contribution is 0.135. The van der Waals surface area contributed by atoms with Gasteiger partial charge in [0.2, 0.25) is 0 Å². The second-order valence-electron chi connectivity index (χ2n) is 5.79. The molecule has 0 spiro atoms. The number of nitrogens with one attached hydrogen (secondary N) is 1.